The topological polar surface area (TPSA) is 6.48 Å². The van der Waals surface area contributed by atoms with Crippen molar-refractivity contribution < 1.29 is 0 Å². The average Bonchev–Trinajstić information content (AvgIpc) is 3.69. The van der Waals surface area contributed by atoms with Crippen molar-refractivity contribution in [3.05, 3.63) is 197 Å². The lowest BCUT2D eigenvalue weighted by molar-refractivity contribution is 0.589. The highest BCUT2D eigenvalue weighted by atomic mass is 15.2. The minimum Gasteiger partial charge on any atom is -0.311 e. The third kappa shape index (κ3) is 6.45. The van der Waals surface area contributed by atoms with Crippen molar-refractivity contribution in [2.24, 2.45) is 0 Å². The zero-order chi connectivity index (χ0) is 48.3. The summed E-state index contributed by atoms with van der Waals surface area (Å²) in [6.07, 6.45) is 0. The summed E-state index contributed by atoms with van der Waals surface area (Å²) in [6.45, 7) is 30.8. The van der Waals surface area contributed by atoms with E-state index in [1.807, 2.05) is 0 Å². The molecule has 2 nitrogen and oxygen atoms in total. The second-order valence-corrected chi connectivity index (χ2v) is 24.7. The Labute approximate surface area is 412 Å². The average molecular weight is 897 g/mol. The molecule has 0 saturated heterocycles. The van der Waals surface area contributed by atoms with Crippen molar-refractivity contribution in [1.82, 2.24) is 0 Å². The fourth-order valence-corrected chi connectivity index (χ4v) is 12.4. The lowest BCUT2D eigenvalue weighted by Gasteiger charge is -2.46. The molecule has 0 radical (unpaired) electrons. The first-order valence-electron chi connectivity index (χ1n) is 25.3. The summed E-state index contributed by atoms with van der Waals surface area (Å²) in [7, 11) is 0. The van der Waals surface area contributed by atoms with Crippen LogP contribution in [0.4, 0.5) is 34.1 Å². The molecule has 0 saturated carbocycles. The third-order valence-corrected chi connectivity index (χ3v) is 16.5. The van der Waals surface area contributed by atoms with Crippen LogP contribution < -0.4 is 26.2 Å². The van der Waals surface area contributed by atoms with Gasteiger partial charge in [0, 0.05) is 45.0 Å². The van der Waals surface area contributed by atoms with Crippen molar-refractivity contribution in [3.8, 4) is 33.4 Å². The molecule has 8 aromatic carbocycles. The van der Waals surface area contributed by atoms with Crippen LogP contribution in [0.5, 0.6) is 0 Å². The molecule has 0 atom stereocenters. The molecule has 0 unspecified atom stereocenters. The lowest BCUT2D eigenvalue weighted by Crippen LogP contribution is -2.61. The van der Waals surface area contributed by atoms with Gasteiger partial charge >= 0.3 is 0 Å². The minimum absolute atomic E-state index is 0.0269. The van der Waals surface area contributed by atoms with Gasteiger partial charge in [-0.2, -0.15) is 0 Å². The van der Waals surface area contributed by atoms with Gasteiger partial charge in [-0.1, -0.05) is 193 Å². The van der Waals surface area contributed by atoms with E-state index in [-0.39, 0.29) is 33.8 Å². The number of hydrogen-bond acceptors (Lipinski definition) is 2. The molecule has 0 N–H and O–H groups in total. The Morgan fingerprint density at radius 3 is 1.41 bits per heavy atom. The zero-order valence-electron chi connectivity index (χ0n) is 43.0. The van der Waals surface area contributed by atoms with Gasteiger partial charge in [-0.25, -0.2) is 0 Å². The monoisotopic (exact) mass is 897 g/mol. The van der Waals surface area contributed by atoms with Gasteiger partial charge in [0.05, 0.1) is 0 Å². The van der Waals surface area contributed by atoms with E-state index in [1.165, 1.54) is 123 Å². The molecule has 0 aromatic heterocycles. The molecule has 2 aliphatic heterocycles. The van der Waals surface area contributed by atoms with Crippen LogP contribution in [0.2, 0.25) is 0 Å². The van der Waals surface area contributed by atoms with E-state index in [9.17, 15) is 0 Å². The van der Waals surface area contributed by atoms with Gasteiger partial charge in [-0.15, -0.1) is 0 Å². The van der Waals surface area contributed by atoms with Crippen molar-refractivity contribution in [2.45, 2.75) is 117 Å². The van der Waals surface area contributed by atoms with Gasteiger partial charge in [0.1, 0.15) is 0 Å². The Morgan fingerprint density at radius 1 is 0.348 bits per heavy atom. The van der Waals surface area contributed by atoms with Crippen LogP contribution >= 0.6 is 0 Å². The third-order valence-electron chi connectivity index (χ3n) is 16.5. The summed E-state index contributed by atoms with van der Waals surface area (Å²) in [5.41, 5.74) is 28.6. The lowest BCUT2D eigenvalue weighted by atomic mass is 9.33. The van der Waals surface area contributed by atoms with Gasteiger partial charge in [0.2, 0.25) is 0 Å². The molecule has 0 bridgehead atoms. The van der Waals surface area contributed by atoms with Gasteiger partial charge in [0.25, 0.3) is 6.71 Å². The molecular weight excluding hydrogens is 832 g/mol. The number of anilines is 6. The van der Waals surface area contributed by atoms with Gasteiger partial charge in [-0.3, -0.25) is 0 Å². The normalized spacial score (nSPS) is 15.8. The first-order valence-corrected chi connectivity index (χ1v) is 25.3. The van der Waals surface area contributed by atoms with Crippen LogP contribution in [0.1, 0.15) is 129 Å². The Balaban J connectivity index is 1.09. The molecule has 12 rings (SSSR count). The highest BCUT2D eigenvalue weighted by molar-refractivity contribution is 7.00. The summed E-state index contributed by atoms with van der Waals surface area (Å²) in [4.78, 5) is 5.23. The number of benzene rings is 8. The van der Waals surface area contributed by atoms with Gasteiger partial charge < -0.3 is 9.80 Å². The first-order chi connectivity index (χ1) is 32.6. The van der Waals surface area contributed by atoms with Crippen LogP contribution in [0.15, 0.2) is 158 Å². The van der Waals surface area contributed by atoms with Gasteiger partial charge in [0.15, 0.2) is 0 Å². The van der Waals surface area contributed by atoms with Crippen LogP contribution in [0, 0.1) is 0 Å². The summed E-state index contributed by atoms with van der Waals surface area (Å²) < 4.78 is 0. The first kappa shape index (κ1) is 43.7. The standard InChI is InChI=1S/C66H65BN2/c1-62(2,3)42-26-33-57-56(35-42)67-55-32-25-43(63(4,5)6)36-58(55)69(46-29-31-50-48-19-15-17-21-52(48)66(12,13)54(50)39-46)60-38-44(64(7,8)9)37-59(61(60)67)68(57)45-27-22-40(23-28-45)41-24-30-49-47-18-14-16-20-51(47)65(10,11)53(49)34-41/h14-39H,1-13H3. The minimum atomic E-state index is -0.130. The second-order valence-electron chi connectivity index (χ2n) is 24.7. The van der Waals surface area contributed by atoms with Gasteiger partial charge in [-0.05, 0) is 160 Å². The van der Waals surface area contributed by atoms with E-state index in [4.69, 9.17) is 0 Å². The molecule has 4 aliphatic rings. The predicted octanol–water partition coefficient (Wildman–Crippen LogP) is 15.9. The fraction of sp³-hybridized carbons (Fsp3) is 0.273. The maximum atomic E-state index is 2.64. The summed E-state index contributed by atoms with van der Waals surface area (Å²) in [5.74, 6) is 0. The largest absolute Gasteiger partial charge is 0.311 e. The number of nitrogens with zero attached hydrogens (tertiary/aromatic N) is 2. The summed E-state index contributed by atoms with van der Waals surface area (Å²) in [6, 6.07) is 61.6. The van der Waals surface area contributed by atoms with E-state index in [0.29, 0.717) is 0 Å². The van der Waals surface area contributed by atoms with E-state index in [2.05, 4.69) is 258 Å². The smallest absolute Gasteiger partial charge is 0.252 e. The molecule has 2 heterocycles. The Hall–Kier alpha value is -6.58. The molecule has 2 aliphatic carbocycles. The van der Waals surface area contributed by atoms with E-state index in [0.717, 1.165) is 0 Å². The van der Waals surface area contributed by atoms with Crippen molar-refractivity contribution in [2.75, 3.05) is 9.80 Å². The molecule has 342 valence electrons. The SMILES string of the molecule is CC(C)(C)c1ccc2c(c1)B1c3ccc(C(C)(C)C)cc3N(c3ccc4c(c3)C(C)(C)c3ccccc3-4)c3cc(C(C)(C)C)cc(c31)N2c1ccc(-c2ccc3c(c2)C(C)(C)c2ccccc2-3)cc1. The quantitative estimate of drug-likeness (QED) is 0.163. The zero-order valence-corrected chi connectivity index (χ0v) is 43.0. The second kappa shape index (κ2) is 14.5. The van der Waals surface area contributed by atoms with Crippen molar-refractivity contribution in [1.29, 1.82) is 0 Å². The Kier molecular flexibility index (Phi) is 9.17. The fourth-order valence-electron chi connectivity index (χ4n) is 12.4. The van der Waals surface area contributed by atoms with Crippen LogP contribution in [-0.2, 0) is 27.1 Å². The van der Waals surface area contributed by atoms with Crippen molar-refractivity contribution >= 4 is 57.2 Å². The molecule has 0 fully saturated rings. The maximum absolute atomic E-state index is 2.64. The summed E-state index contributed by atoms with van der Waals surface area (Å²) >= 11 is 0. The molecule has 3 heteroatoms. The number of fused-ring (bicyclic) bond motifs is 10. The number of rotatable bonds is 3. The van der Waals surface area contributed by atoms with E-state index >= 15 is 0 Å². The molecular formula is C66H65BN2. The highest BCUT2D eigenvalue weighted by Gasteiger charge is 2.46. The van der Waals surface area contributed by atoms with Crippen LogP contribution in [0.25, 0.3) is 33.4 Å². The molecule has 8 aromatic rings. The van der Waals surface area contributed by atoms with Crippen molar-refractivity contribution in [3.63, 3.8) is 0 Å². The molecule has 0 amide bonds. The van der Waals surface area contributed by atoms with Crippen LogP contribution in [0.3, 0.4) is 0 Å². The molecule has 0 spiro atoms. The number of hydrogen-bond donors (Lipinski definition) is 0. The predicted molar refractivity (Wildman–Crippen MR) is 297 cm³/mol. The van der Waals surface area contributed by atoms with Crippen LogP contribution in [-0.4, -0.2) is 6.71 Å². The van der Waals surface area contributed by atoms with E-state index in [1.54, 1.807) is 0 Å². The molecule has 69 heavy (non-hydrogen) atoms. The maximum Gasteiger partial charge on any atom is 0.252 e. The highest BCUT2D eigenvalue weighted by Crippen LogP contribution is 2.53. The Bertz CT molecular complexity index is 3450. The summed E-state index contributed by atoms with van der Waals surface area (Å²) in [5, 5.41) is 0. The van der Waals surface area contributed by atoms with E-state index < -0.39 is 0 Å². The Morgan fingerprint density at radius 2 is 0.812 bits per heavy atom.